The average Bonchev–Trinajstić information content (AvgIpc) is 2.53. The van der Waals surface area contributed by atoms with Gasteiger partial charge in [0.05, 0.1) is 7.11 Å². The van der Waals surface area contributed by atoms with Crippen LogP contribution in [-0.2, 0) is 9.53 Å². The van der Waals surface area contributed by atoms with Crippen LogP contribution in [0.3, 0.4) is 0 Å². The summed E-state index contributed by atoms with van der Waals surface area (Å²) in [5.74, 6) is 1.14. The van der Waals surface area contributed by atoms with Gasteiger partial charge in [0.2, 0.25) is 0 Å². The molecule has 0 amide bonds. The zero-order valence-corrected chi connectivity index (χ0v) is 13.1. The van der Waals surface area contributed by atoms with E-state index in [0.29, 0.717) is 0 Å². The highest BCUT2D eigenvalue weighted by Gasteiger charge is 2.13. The molecule has 0 bridgehead atoms. The van der Waals surface area contributed by atoms with E-state index in [1.54, 1.807) is 14.0 Å². The third-order valence-electron chi connectivity index (χ3n) is 3.31. The normalized spacial score (nSPS) is 11.8. The summed E-state index contributed by atoms with van der Waals surface area (Å²) < 4.78 is 16.4. The largest absolute Gasteiger partial charge is 0.496 e. The first-order chi connectivity index (χ1) is 10.6. The van der Waals surface area contributed by atoms with Crippen molar-refractivity contribution < 1.29 is 19.0 Å². The van der Waals surface area contributed by atoms with Gasteiger partial charge in [0.25, 0.3) is 0 Å². The standard InChI is InChI=1S/C18H20O4/c1-5-17(19)22-13(3)11-21-18-12(2)10-16(20-4)14-8-6-7-9-15(14)18/h5-10,13H,1,11H2,2-4H3. The summed E-state index contributed by atoms with van der Waals surface area (Å²) in [7, 11) is 1.65. The van der Waals surface area contributed by atoms with Crippen molar-refractivity contribution in [1.29, 1.82) is 0 Å². The van der Waals surface area contributed by atoms with Crippen molar-refractivity contribution in [2.45, 2.75) is 20.0 Å². The van der Waals surface area contributed by atoms with Crippen LogP contribution in [0.5, 0.6) is 11.5 Å². The van der Waals surface area contributed by atoms with Crippen LogP contribution >= 0.6 is 0 Å². The molecule has 0 aliphatic carbocycles. The summed E-state index contributed by atoms with van der Waals surface area (Å²) >= 11 is 0. The Morgan fingerprint density at radius 1 is 1.32 bits per heavy atom. The first-order valence-corrected chi connectivity index (χ1v) is 7.09. The molecule has 0 N–H and O–H groups in total. The lowest BCUT2D eigenvalue weighted by molar-refractivity contribution is -0.143. The molecule has 2 rings (SSSR count). The quantitative estimate of drug-likeness (QED) is 0.603. The van der Waals surface area contributed by atoms with Gasteiger partial charge in [-0.3, -0.25) is 0 Å². The number of esters is 1. The van der Waals surface area contributed by atoms with E-state index in [1.165, 1.54) is 0 Å². The first kappa shape index (κ1) is 15.9. The summed E-state index contributed by atoms with van der Waals surface area (Å²) in [6.07, 6.45) is 0.788. The third kappa shape index (κ3) is 3.39. The van der Waals surface area contributed by atoms with Crippen molar-refractivity contribution in [2.75, 3.05) is 13.7 Å². The number of aryl methyl sites for hydroxylation is 1. The molecular formula is C18H20O4. The molecule has 0 aliphatic rings. The fourth-order valence-electron chi connectivity index (χ4n) is 2.29. The summed E-state index contributed by atoms with van der Waals surface area (Å²) in [5, 5.41) is 1.96. The van der Waals surface area contributed by atoms with Crippen LogP contribution in [-0.4, -0.2) is 25.8 Å². The lowest BCUT2D eigenvalue weighted by atomic mass is 10.0. The van der Waals surface area contributed by atoms with E-state index >= 15 is 0 Å². The van der Waals surface area contributed by atoms with Crippen LogP contribution in [0.1, 0.15) is 12.5 Å². The van der Waals surface area contributed by atoms with Gasteiger partial charge in [-0.2, -0.15) is 0 Å². The molecule has 0 fully saturated rings. The van der Waals surface area contributed by atoms with E-state index in [9.17, 15) is 4.79 Å². The number of hydrogen-bond acceptors (Lipinski definition) is 4. The van der Waals surface area contributed by atoms with Crippen molar-refractivity contribution in [3.63, 3.8) is 0 Å². The Labute approximate surface area is 130 Å². The lowest BCUT2D eigenvalue weighted by Crippen LogP contribution is -2.21. The van der Waals surface area contributed by atoms with Crippen molar-refractivity contribution in [1.82, 2.24) is 0 Å². The monoisotopic (exact) mass is 300 g/mol. The minimum atomic E-state index is -0.451. The molecule has 116 valence electrons. The molecule has 0 radical (unpaired) electrons. The Bertz CT molecular complexity index is 691. The number of fused-ring (bicyclic) bond motifs is 1. The molecule has 0 aromatic heterocycles. The maximum Gasteiger partial charge on any atom is 0.330 e. The molecule has 4 heteroatoms. The van der Waals surface area contributed by atoms with E-state index in [1.807, 2.05) is 37.3 Å². The second-order valence-electron chi connectivity index (χ2n) is 5.03. The summed E-state index contributed by atoms with van der Waals surface area (Å²) in [6, 6.07) is 9.83. The van der Waals surface area contributed by atoms with Crippen molar-refractivity contribution >= 4 is 16.7 Å². The van der Waals surface area contributed by atoms with Crippen LogP contribution in [0.25, 0.3) is 10.8 Å². The zero-order chi connectivity index (χ0) is 16.1. The SMILES string of the molecule is C=CC(=O)OC(C)COc1c(C)cc(OC)c2ccccc12. The summed E-state index contributed by atoms with van der Waals surface area (Å²) in [5.41, 5.74) is 0.970. The second kappa shape index (κ2) is 6.98. The molecule has 2 aromatic rings. The fourth-order valence-corrected chi connectivity index (χ4v) is 2.29. The fraction of sp³-hybridized carbons (Fsp3) is 0.278. The number of hydrogen-bond donors (Lipinski definition) is 0. The number of methoxy groups -OCH3 is 1. The van der Waals surface area contributed by atoms with Gasteiger partial charge in [-0.05, 0) is 25.5 Å². The number of ether oxygens (including phenoxy) is 3. The Morgan fingerprint density at radius 2 is 2.00 bits per heavy atom. The molecule has 22 heavy (non-hydrogen) atoms. The smallest absolute Gasteiger partial charge is 0.330 e. The maximum absolute atomic E-state index is 11.2. The molecule has 0 spiro atoms. The molecule has 1 unspecified atom stereocenters. The van der Waals surface area contributed by atoms with E-state index in [4.69, 9.17) is 14.2 Å². The van der Waals surface area contributed by atoms with Gasteiger partial charge in [-0.25, -0.2) is 4.79 Å². The first-order valence-electron chi connectivity index (χ1n) is 7.09. The molecule has 0 saturated carbocycles. The van der Waals surface area contributed by atoms with Crippen LogP contribution < -0.4 is 9.47 Å². The number of benzene rings is 2. The molecule has 2 aromatic carbocycles. The van der Waals surface area contributed by atoms with Gasteiger partial charge in [-0.1, -0.05) is 30.8 Å². The summed E-state index contributed by atoms with van der Waals surface area (Å²) in [6.45, 7) is 7.39. The van der Waals surface area contributed by atoms with Crippen molar-refractivity contribution in [2.24, 2.45) is 0 Å². The van der Waals surface area contributed by atoms with E-state index in [2.05, 4.69) is 6.58 Å². The van der Waals surface area contributed by atoms with Crippen molar-refractivity contribution in [3.8, 4) is 11.5 Å². The minimum Gasteiger partial charge on any atom is -0.496 e. The molecule has 0 aliphatic heterocycles. The zero-order valence-electron chi connectivity index (χ0n) is 13.1. The molecule has 0 saturated heterocycles. The van der Waals surface area contributed by atoms with Gasteiger partial charge < -0.3 is 14.2 Å². The molecular weight excluding hydrogens is 280 g/mol. The predicted octanol–water partition coefficient (Wildman–Crippen LogP) is 3.65. The number of rotatable bonds is 6. The van der Waals surface area contributed by atoms with Gasteiger partial charge in [0.1, 0.15) is 24.2 Å². The molecule has 0 heterocycles. The highest BCUT2D eigenvalue weighted by atomic mass is 16.6. The van der Waals surface area contributed by atoms with Gasteiger partial charge in [0.15, 0.2) is 0 Å². The van der Waals surface area contributed by atoms with Crippen LogP contribution in [0.4, 0.5) is 0 Å². The van der Waals surface area contributed by atoms with Crippen LogP contribution in [0.15, 0.2) is 43.0 Å². The van der Waals surface area contributed by atoms with E-state index in [0.717, 1.165) is 33.9 Å². The average molecular weight is 300 g/mol. The van der Waals surface area contributed by atoms with E-state index in [-0.39, 0.29) is 12.7 Å². The molecule has 4 nitrogen and oxygen atoms in total. The van der Waals surface area contributed by atoms with Crippen LogP contribution in [0.2, 0.25) is 0 Å². The Kier molecular flexibility index (Phi) is 5.04. The summed E-state index contributed by atoms with van der Waals surface area (Å²) in [4.78, 5) is 11.2. The Hall–Kier alpha value is -2.49. The minimum absolute atomic E-state index is 0.275. The lowest BCUT2D eigenvalue weighted by Gasteiger charge is -2.17. The van der Waals surface area contributed by atoms with Gasteiger partial charge in [0, 0.05) is 16.8 Å². The maximum atomic E-state index is 11.2. The van der Waals surface area contributed by atoms with Crippen LogP contribution in [0, 0.1) is 6.92 Å². The number of carbonyl (C=O) groups is 1. The van der Waals surface area contributed by atoms with E-state index < -0.39 is 5.97 Å². The third-order valence-corrected chi connectivity index (χ3v) is 3.31. The second-order valence-corrected chi connectivity index (χ2v) is 5.03. The molecule has 1 atom stereocenters. The highest BCUT2D eigenvalue weighted by Crippen LogP contribution is 2.36. The van der Waals surface area contributed by atoms with Gasteiger partial charge >= 0.3 is 5.97 Å². The topological polar surface area (TPSA) is 44.8 Å². The number of carbonyl (C=O) groups excluding carboxylic acids is 1. The Balaban J connectivity index is 2.26. The van der Waals surface area contributed by atoms with Crippen molar-refractivity contribution in [3.05, 3.63) is 48.6 Å². The van der Waals surface area contributed by atoms with Gasteiger partial charge in [-0.15, -0.1) is 0 Å². The highest BCUT2D eigenvalue weighted by molar-refractivity contribution is 5.94. The Morgan fingerprint density at radius 3 is 2.64 bits per heavy atom. The predicted molar refractivity (Wildman–Crippen MR) is 86.5 cm³/mol.